The molecule has 5 heteroatoms. The zero-order chi connectivity index (χ0) is 15.8. The number of benzene rings is 2. The zero-order valence-electron chi connectivity index (χ0n) is 12.8. The van der Waals surface area contributed by atoms with Crippen LogP contribution in [0.15, 0.2) is 64.8 Å². The summed E-state index contributed by atoms with van der Waals surface area (Å²) in [5, 5.41) is 13.9. The van der Waals surface area contributed by atoms with Crippen LogP contribution in [0, 0.1) is 5.92 Å². The summed E-state index contributed by atoms with van der Waals surface area (Å²) in [6, 6.07) is 16.6. The highest BCUT2D eigenvalue weighted by molar-refractivity contribution is 5.89. The van der Waals surface area contributed by atoms with Gasteiger partial charge in [0.2, 0.25) is 0 Å². The van der Waals surface area contributed by atoms with Crippen molar-refractivity contribution in [3.05, 3.63) is 54.6 Å². The van der Waals surface area contributed by atoms with E-state index in [9.17, 15) is 4.79 Å². The predicted molar refractivity (Wildman–Crippen MR) is 88.9 cm³/mol. The maximum Gasteiger partial charge on any atom is 0.319 e. The SMILES string of the molecule is CC(C)CNC(=O)Nc1ccc(N=Nc2ccccc2)cc1. The van der Waals surface area contributed by atoms with E-state index in [2.05, 4.69) is 20.9 Å². The molecule has 0 saturated carbocycles. The van der Waals surface area contributed by atoms with Crippen LogP contribution in [0.5, 0.6) is 0 Å². The third-order valence-corrected chi connectivity index (χ3v) is 2.83. The van der Waals surface area contributed by atoms with Gasteiger partial charge < -0.3 is 10.6 Å². The van der Waals surface area contributed by atoms with Gasteiger partial charge in [-0.2, -0.15) is 10.2 Å². The number of nitrogens with one attached hydrogen (secondary N) is 2. The Morgan fingerprint density at radius 1 is 0.955 bits per heavy atom. The van der Waals surface area contributed by atoms with Gasteiger partial charge in [0.1, 0.15) is 0 Å². The van der Waals surface area contributed by atoms with Gasteiger partial charge in [-0.05, 0) is 42.3 Å². The second-order valence-electron chi connectivity index (χ2n) is 5.31. The van der Waals surface area contributed by atoms with Gasteiger partial charge in [0.05, 0.1) is 11.4 Å². The van der Waals surface area contributed by atoms with E-state index < -0.39 is 0 Å². The molecule has 0 aliphatic heterocycles. The topological polar surface area (TPSA) is 65.8 Å². The summed E-state index contributed by atoms with van der Waals surface area (Å²) in [4.78, 5) is 11.6. The van der Waals surface area contributed by atoms with Crippen LogP contribution in [0.4, 0.5) is 21.9 Å². The number of urea groups is 1. The lowest BCUT2D eigenvalue weighted by Crippen LogP contribution is -2.31. The molecule has 0 fully saturated rings. The zero-order valence-corrected chi connectivity index (χ0v) is 12.8. The molecule has 2 aromatic rings. The molecular formula is C17H20N4O. The highest BCUT2D eigenvalue weighted by Gasteiger charge is 2.02. The molecule has 0 spiro atoms. The van der Waals surface area contributed by atoms with Crippen LogP contribution in [-0.2, 0) is 0 Å². The lowest BCUT2D eigenvalue weighted by molar-refractivity contribution is 0.251. The Labute approximate surface area is 130 Å². The first-order valence-corrected chi connectivity index (χ1v) is 7.25. The van der Waals surface area contributed by atoms with E-state index >= 15 is 0 Å². The molecule has 2 N–H and O–H groups in total. The quantitative estimate of drug-likeness (QED) is 0.759. The molecule has 0 heterocycles. The Morgan fingerprint density at radius 3 is 2.14 bits per heavy atom. The Morgan fingerprint density at radius 2 is 1.55 bits per heavy atom. The first-order chi connectivity index (χ1) is 10.6. The van der Waals surface area contributed by atoms with Gasteiger partial charge in [0.15, 0.2) is 0 Å². The third-order valence-electron chi connectivity index (χ3n) is 2.83. The molecular weight excluding hydrogens is 276 g/mol. The molecule has 0 aliphatic rings. The minimum Gasteiger partial charge on any atom is -0.338 e. The van der Waals surface area contributed by atoms with Crippen molar-refractivity contribution in [2.75, 3.05) is 11.9 Å². The molecule has 0 unspecified atom stereocenters. The van der Waals surface area contributed by atoms with E-state index in [0.29, 0.717) is 12.5 Å². The number of rotatable bonds is 5. The van der Waals surface area contributed by atoms with E-state index in [1.165, 1.54) is 0 Å². The summed E-state index contributed by atoms with van der Waals surface area (Å²) in [6.45, 7) is 4.74. The molecule has 0 bridgehead atoms. The Bertz CT molecular complexity index is 621. The van der Waals surface area contributed by atoms with Crippen molar-refractivity contribution in [1.29, 1.82) is 0 Å². The molecule has 2 aromatic carbocycles. The second kappa shape index (κ2) is 7.93. The normalized spacial score (nSPS) is 10.9. The fraction of sp³-hybridized carbons (Fsp3) is 0.235. The molecule has 22 heavy (non-hydrogen) atoms. The van der Waals surface area contributed by atoms with Gasteiger partial charge in [-0.3, -0.25) is 0 Å². The minimum atomic E-state index is -0.202. The summed E-state index contributed by atoms with van der Waals surface area (Å²) in [5.74, 6) is 0.423. The second-order valence-corrected chi connectivity index (χ2v) is 5.31. The molecule has 114 valence electrons. The molecule has 0 aromatic heterocycles. The Kier molecular flexibility index (Phi) is 5.65. The van der Waals surface area contributed by atoms with E-state index in [1.807, 2.05) is 56.3 Å². The average Bonchev–Trinajstić information content (AvgIpc) is 2.53. The monoisotopic (exact) mass is 296 g/mol. The summed E-state index contributed by atoms with van der Waals surface area (Å²) >= 11 is 0. The molecule has 0 atom stereocenters. The Balaban J connectivity index is 1.90. The van der Waals surface area contributed by atoms with Gasteiger partial charge in [-0.25, -0.2) is 4.79 Å². The van der Waals surface area contributed by atoms with Gasteiger partial charge in [0.25, 0.3) is 0 Å². The van der Waals surface area contributed by atoms with Crippen LogP contribution in [0.1, 0.15) is 13.8 Å². The summed E-state index contributed by atoms with van der Waals surface area (Å²) < 4.78 is 0. The van der Waals surface area contributed by atoms with Crippen molar-refractivity contribution in [2.24, 2.45) is 16.1 Å². The first-order valence-electron chi connectivity index (χ1n) is 7.25. The van der Waals surface area contributed by atoms with Crippen molar-refractivity contribution in [3.8, 4) is 0 Å². The van der Waals surface area contributed by atoms with Crippen LogP contribution in [-0.4, -0.2) is 12.6 Å². The van der Waals surface area contributed by atoms with Gasteiger partial charge in [-0.1, -0.05) is 32.0 Å². The molecule has 2 amide bonds. The van der Waals surface area contributed by atoms with Gasteiger partial charge in [-0.15, -0.1) is 0 Å². The highest BCUT2D eigenvalue weighted by atomic mass is 16.2. The lowest BCUT2D eigenvalue weighted by Gasteiger charge is -2.09. The van der Waals surface area contributed by atoms with Crippen LogP contribution in [0.3, 0.4) is 0 Å². The fourth-order valence-electron chi connectivity index (χ4n) is 1.69. The number of azo groups is 1. The van der Waals surface area contributed by atoms with Crippen molar-refractivity contribution in [1.82, 2.24) is 5.32 Å². The number of anilines is 1. The van der Waals surface area contributed by atoms with E-state index in [0.717, 1.165) is 17.1 Å². The van der Waals surface area contributed by atoms with Crippen LogP contribution < -0.4 is 10.6 Å². The minimum absolute atomic E-state index is 0.202. The third kappa shape index (κ3) is 5.36. The average molecular weight is 296 g/mol. The standard InChI is InChI=1S/C17H20N4O/c1-13(2)12-18-17(22)19-14-8-10-16(11-9-14)21-20-15-6-4-3-5-7-15/h3-11,13H,12H2,1-2H3,(H2,18,19,22). The summed E-state index contributed by atoms with van der Waals surface area (Å²) in [7, 11) is 0. The molecule has 2 rings (SSSR count). The van der Waals surface area contributed by atoms with Crippen molar-refractivity contribution < 1.29 is 4.79 Å². The molecule has 0 aliphatic carbocycles. The Hall–Kier alpha value is -2.69. The number of nitrogens with zero attached hydrogens (tertiary/aromatic N) is 2. The molecule has 0 radical (unpaired) electrons. The van der Waals surface area contributed by atoms with Gasteiger partial charge in [0, 0.05) is 12.2 Å². The number of carbonyl (C=O) groups excluding carboxylic acids is 1. The maximum absolute atomic E-state index is 11.6. The number of hydrogen-bond acceptors (Lipinski definition) is 3. The first kappa shape index (κ1) is 15.7. The highest BCUT2D eigenvalue weighted by Crippen LogP contribution is 2.19. The number of hydrogen-bond donors (Lipinski definition) is 2. The number of amides is 2. The fourth-order valence-corrected chi connectivity index (χ4v) is 1.69. The van der Waals surface area contributed by atoms with E-state index in [1.54, 1.807) is 12.1 Å². The molecule has 0 saturated heterocycles. The largest absolute Gasteiger partial charge is 0.338 e. The van der Waals surface area contributed by atoms with Crippen LogP contribution in [0.25, 0.3) is 0 Å². The number of carbonyl (C=O) groups is 1. The van der Waals surface area contributed by atoms with E-state index in [4.69, 9.17) is 0 Å². The van der Waals surface area contributed by atoms with Crippen molar-refractivity contribution in [2.45, 2.75) is 13.8 Å². The summed E-state index contributed by atoms with van der Waals surface area (Å²) in [5.41, 5.74) is 2.26. The van der Waals surface area contributed by atoms with E-state index in [-0.39, 0.29) is 6.03 Å². The smallest absolute Gasteiger partial charge is 0.319 e. The predicted octanol–water partition coefficient (Wildman–Crippen LogP) is 4.88. The summed E-state index contributed by atoms with van der Waals surface area (Å²) in [6.07, 6.45) is 0. The van der Waals surface area contributed by atoms with Crippen LogP contribution in [0.2, 0.25) is 0 Å². The van der Waals surface area contributed by atoms with Crippen LogP contribution >= 0.6 is 0 Å². The maximum atomic E-state index is 11.6. The van der Waals surface area contributed by atoms with Gasteiger partial charge >= 0.3 is 6.03 Å². The lowest BCUT2D eigenvalue weighted by atomic mass is 10.2. The molecule has 5 nitrogen and oxygen atoms in total. The van der Waals surface area contributed by atoms with Crippen molar-refractivity contribution >= 4 is 23.1 Å². The van der Waals surface area contributed by atoms with Crippen molar-refractivity contribution in [3.63, 3.8) is 0 Å².